The van der Waals surface area contributed by atoms with E-state index in [1.54, 1.807) is 6.07 Å². The molecule has 1 saturated carbocycles. The van der Waals surface area contributed by atoms with Gasteiger partial charge in [0.15, 0.2) is 0 Å². The highest BCUT2D eigenvalue weighted by Gasteiger charge is 2.26. The monoisotopic (exact) mass is 335 g/mol. The van der Waals surface area contributed by atoms with E-state index in [2.05, 4.69) is 0 Å². The van der Waals surface area contributed by atoms with Crippen LogP contribution in [0.4, 0.5) is 4.39 Å². The Morgan fingerprint density at radius 1 is 1.17 bits per heavy atom. The first-order valence-corrected chi connectivity index (χ1v) is 8.82. The van der Waals surface area contributed by atoms with Gasteiger partial charge in [0.2, 0.25) is 5.91 Å². The fourth-order valence-electron chi connectivity index (χ4n) is 3.36. The number of hydrogen-bond acceptors (Lipinski definition) is 2. The minimum Gasteiger partial charge on any atom is -0.481 e. The summed E-state index contributed by atoms with van der Waals surface area (Å²) >= 11 is 0. The lowest BCUT2D eigenvalue weighted by atomic mass is 10.1. The van der Waals surface area contributed by atoms with Gasteiger partial charge < -0.3 is 10.0 Å². The van der Waals surface area contributed by atoms with Crippen molar-refractivity contribution in [1.82, 2.24) is 4.90 Å². The number of amides is 1. The summed E-state index contributed by atoms with van der Waals surface area (Å²) < 4.78 is 13.3. The van der Waals surface area contributed by atoms with Crippen LogP contribution in [0.3, 0.4) is 0 Å². The van der Waals surface area contributed by atoms with Gasteiger partial charge in [-0.25, -0.2) is 4.39 Å². The zero-order valence-corrected chi connectivity index (χ0v) is 14.0. The lowest BCUT2D eigenvalue weighted by Gasteiger charge is -2.29. The van der Waals surface area contributed by atoms with Gasteiger partial charge in [-0.3, -0.25) is 9.59 Å². The molecule has 24 heavy (non-hydrogen) atoms. The van der Waals surface area contributed by atoms with Crippen LogP contribution in [0.25, 0.3) is 0 Å². The Kier molecular flexibility index (Phi) is 7.22. The predicted octanol–water partition coefficient (Wildman–Crippen LogP) is 3.78. The largest absolute Gasteiger partial charge is 0.481 e. The molecule has 0 heterocycles. The van der Waals surface area contributed by atoms with Crippen LogP contribution in [0.1, 0.15) is 56.9 Å². The molecule has 5 heteroatoms. The summed E-state index contributed by atoms with van der Waals surface area (Å²) in [6, 6.07) is 6.80. The van der Waals surface area contributed by atoms with Crippen LogP contribution in [0.2, 0.25) is 0 Å². The van der Waals surface area contributed by atoms with Gasteiger partial charge in [-0.05, 0) is 49.8 Å². The van der Waals surface area contributed by atoms with Crippen molar-refractivity contribution < 1.29 is 19.1 Å². The molecular formula is C19H26FNO3. The number of halogens is 1. The van der Waals surface area contributed by atoms with Crippen molar-refractivity contribution >= 4 is 11.9 Å². The first-order chi connectivity index (χ1) is 11.6. The third kappa shape index (κ3) is 5.95. The summed E-state index contributed by atoms with van der Waals surface area (Å²) in [5, 5.41) is 8.67. The zero-order valence-electron chi connectivity index (χ0n) is 14.0. The number of hydrogen-bond donors (Lipinski definition) is 1. The van der Waals surface area contributed by atoms with Crippen molar-refractivity contribution in [3.63, 3.8) is 0 Å². The van der Waals surface area contributed by atoms with Crippen molar-refractivity contribution in [3.8, 4) is 0 Å². The van der Waals surface area contributed by atoms with E-state index in [0.29, 0.717) is 32.2 Å². The summed E-state index contributed by atoms with van der Waals surface area (Å²) in [6.45, 7) is 0.603. The highest BCUT2D eigenvalue weighted by Crippen LogP contribution is 2.25. The van der Waals surface area contributed by atoms with E-state index in [0.717, 1.165) is 31.2 Å². The van der Waals surface area contributed by atoms with E-state index in [1.807, 2.05) is 11.0 Å². The third-order valence-corrected chi connectivity index (χ3v) is 4.65. The summed E-state index contributed by atoms with van der Waals surface area (Å²) in [7, 11) is 0. The molecule has 0 aromatic heterocycles. The molecule has 0 spiro atoms. The van der Waals surface area contributed by atoms with Gasteiger partial charge in [0, 0.05) is 25.4 Å². The second kappa shape index (κ2) is 9.40. The molecule has 2 rings (SSSR count). The minimum atomic E-state index is -0.818. The van der Waals surface area contributed by atoms with E-state index in [4.69, 9.17) is 5.11 Å². The van der Waals surface area contributed by atoms with Gasteiger partial charge in [0.05, 0.1) is 0 Å². The van der Waals surface area contributed by atoms with Gasteiger partial charge in [-0.2, -0.15) is 0 Å². The molecule has 1 N–H and O–H groups in total. The van der Waals surface area contributed by atoms with Crippen LogP contribution in [-0.4, -0.2) is 34.5 Å². The molecule has 4 nitrogen and oxygen atoms in total. The number of carbonyl (C=O) groups excluding carboxylic acids is 1. The number of aliphatic carboxylic acids is 1. The molecule has 0 bridgehead atoms. The van der Waals surface area contributed by atoms with Crippen LogP contribution in [0, 0.1) is 5.82 Å². The Morgan fingerprint density at radius 2 is 1.88 bits per heavy atom. The molecule has 1 aliphatic rings. The molecule has 1 aliphatic carbocycles. The highest BCUT2D eigenvalue weighted by atomic mass is 19.1. The maximum absolute atomic E-state index is 13.3. The summed E-state index contributed by atoms with van der Waals surface area (Å²) in [6.07, 6.45) is 6.65. The smallest absolute Gasteiger partial charge is 0.303 e. The molecule has 0 saturated heterocycles. The topological polar surface area (TPSA) is 57.6 Å². The normalized spacial score (nSPS) is 14.7. The Bertz CT molecular complexity index is 555. The van der Waals surface area contributed by atoms with Crippen molar-refractivity contribution in [1.29, 1.82) is 0 Å². The Balaban J connectivity index is 1.89. The Morgan fingerprint density at radius 3 is 2.54 bits per heavy atom. The first-order valence-electron chi connectivity index (χ1n) is 8.82. The highest BCUT2D eigenvalue weighted by molar-refractivity contribution is 5.76. The molecule has 132 valence electrons. The maximum Gasteiger partial charge on any atom is 0.303 e. The summed E-state index contributed by atoms with van der Waals surface area (Å²) in [5.74, 6) is -0.968. The Hall–Kier alpha value is -1.91. The molecule has 0 atom stereocenters. The van der Waals surface area contributed by atoms with Crippen LogP contribution >= 0.6 is 0 Å². The number of nitrogens with zero attached hydrogens (tertiary/aromatic N) is 1. The fraction of sp³-hybridized carbons (Fsp3) is 0.579. The lowest BCUT2D eigenvalue weighted by Crippen LogP contribution is -2.40. The maximum atomic E-state index is 13.3. The number of carbonyl (C=O) groups is 2. The quantitative estimate of drug-likeness (QED) is 0.699. The van der Waals surface area contributed by atoms with E-state index < -0.39 is 5.97 Å². The molecule has 1 aromatic rings. The molecule has 1 fully saturated rings. The number of unbranched alkanes of at least 4 members (excludes halogenated alkanes) is 1. The molecule has 1 aromatic carbocycles. The standard InChI is InChI=1S/C19H26FNO3/c20-16-7-5-6-15(14-16)12-13-21(17-8-1-2-9-17)18(22)10-3-4-11-19(23)24/h5-7,14,17H,1-4,8-13H2,(H,23,24). The zero-order chi connectivity index (χ0) is 17.4. The van der Waals surface area contributed by atoms with Gasteiger partial charge in [-0.15, -0.1) is 0 Å². The van der Waals surface area contributed by atoms with Crippen molar-refractivity contribution in [3.05, 3.63) is 35.6 Å². The first kappa shape index (κ1) is 18.4. The van der Waals surface area contributed by atoms with Crippen LogP contribution in [0.15, 0.2) is 24.3 Å². The van der Waals surface area contributed by atoms with Crippen molar-refractivity contribution in [2.45, 2.75) is 63.8 Å². The van der Waals surface area contributed by atoms with E-state index in [-0.39, 0.29) is 24.2 Å². The predicted molar refractivity (Wildman–Crippen MR) is 90.2 cm³/mol. The number of benzene rings is 1. The second-order valence-corrected chi connectivity index (χ2v) is 6.51. The molecule has 0 radical (unpaired) electrons. The SMILES string of the molecule is O=C(O)CCCCC(=O)N(CCc1cccc(F)c1)C1CCCC1. The van der Waals surface area contributed by atoms with Crippen LogP contribution in [-0.2, 0) is 16.0 Å². The Labute approximate surface area is 142 Å². The number of carboxylic acid groups (broad SMARTS) is 1. The second-order valence-electron chi connectivity index (χ2n) is 6.51. The number of carboxylic acids is 1. The van der Waals surface area contributed by atoms with E-state index in [1.165, 1.54) is 12.1 Å². The molecule has 1 amide bonds. The fourth-order valence-corrected chi connectivity index (χ4v) is 3.36. The summed E-state index contributed by atoms with van der Waals surface area (Å²) in [5.41, 5.74) is 0.900. The molecule has 0 aliphatic heterocycles. The summed E-state index contributed by atoms with van der Waals surface area (Å²) in [4.78, 5) is 25.1. The average Bonchev–Trinajstić information content (AvgIpc) is 3.06. The van der Waals surface area contributed by atoms with E-state index >= 15 is 0 Å². The molecular weight excluding hydrogens is 309 g/mol. The van der Waals surface area contributed by atoms with Crippen molar-refractivity contribution in [2.75, 3.05) is 6.54 Å². The van der Waals surface area contributed by atoms with Crippen LogP contribution in [0.5, 0.6) is 0 Å². The van der Waals surface area contributed by atoms with Gasteiger partial charge >= 0.3 is 5.97 Å². The van der Waals surface area contributed by atoms with E-state index in [9.17, 15) is 14.0 Å². The van der Waals surface area contributed by atoms with Crippen LogP contribution < -0.4 is 0 Å². The third-order valence-electron chi connectivity index (χ3n) is 4.65. The van der Waals surface area contributed by atoms with Crippen molar-refractivity contribution in [2.24, 2.45) is 0 Å². The number of rotatable bonds is 9. The molecule has 0 unspecified atom stereocenters. The minimum absolute atomic E-state index is 0.101. The van der Waals surface area contributed by atoms with Gasteiger partial charge in [0.25, 0.3) is 0 Å². The lowest BCUT2D eigenvalue weighted by molar-refractivity contribution is -0.138. The van der Waals surface area contributed by atoms with Gasteiger partial charge in [-0.1, -0.05) is 25.0 Å². The van der Waals surface area contributed by atoms with Gasteiger partial charge in [0.1, 0.15) is 5.82 Å². The average molecular weight is 335 g/mol.